The second-order valence-corrected chi connectivity index (χ2v) is 5.75. The normalized spacial score (nSPS) is 10.7. The van der Waals surface area contributed by atoms with Gasteiger partial charge in [0, 0.05) is 0 Å². The van der Waals surface area contributed by atoms with Crippen LogP contribution in [0.2, 0.25) is 0 Å². The Hall–Kier alpha value is -2.34. The summed E-state index contributed by atoms with van der Waals surface area (Å²) in [4.78, 5) is 11.1. The average molecular weight is 319 g/mol. The van der Waals surface area contributed by atoms with Crippen molar-refractivity contribution in [3.05, 3.63) is 59.2 Å². The molecule has 0 spiro atoms. The zero-order chi connectivity index (χ0) is 16.3. The number of thiol groups is 1. The maximum Gasteiger partial charge on any atom is 0.335 e. The molecule has 0 amide bonds. The first kappa shape index (κ1) is 16.0. The van der Waals surface area contributed by atoms with Crippen molar-refractivity contribution >= 4 is 28.2 Å². The van der Waals surface area contributed by atoms with Gasteiger partial charge in [-0.1, -0.05) is 25.1 Å². The fourth-order valence-electron chi connectivity index (χ4n) is 2.16. The molecule has 0 aromatic heterocycles. The Kier molecular flexibility index (Phi) is 4.82. The average Bonchev–Trinajstić information content (AvgIpc) is 2.49. The van der Waals surface area contributed by atoms with Crippen molar-refractivity contribution in [3.8, 4) is 0 Å². The van der Waals surface area contributed by atoms with Crippen molar-refractivity contribution in [3.63, 3.8) is 0 Å². The van der Waals surface area contributed by atoms with E-state index < -0.39 is 16.9 Å². The monoisotopic (exact) mass is 319 g/mol. The lowest BCUT2D eigenvalue weighted by Crippen LogP contribution is -2.16. The van der Waals surface area contributed by atoms with E-state index in [9.17, 15) is 13.2 Å². The minimum absolute atomic E-state index is 0.0487. The van der Waals surface area contributed by atoms with Crippen LogP contribution in [0.4, 0.5) is 11.4 Å². The number of hydrogen-bond donors (Lipinski definition) is 2. The lowest BCUT2D eigenvalue weighted by atomic mass is 10.1. The van der Waals surface area contributed by atoms with Gasteiger partial charge in [0.1, 0.15) is 0 Å². The van der Waals surface area contributed by atoms with Gasteiger partial charge in [-0.15, -0.1) is 0 Å². The predicted molar refractivity (Wildman–Crippen MR) is 86.4 cm³/mol. The summed E-state index contributed by atoms with van der Waals surface area (Å²) in [5.74, 6) is -1.09. The number of rotatable bonds is 5. The van der Waals surface area contributed by atoms with Crippen LogP contribution in [0.5, 0.6) is 0 Å². The van der Waals surface area contributed by atoms with Crippen molar-refractivity contribution in [1.29, 1.82) is 0 Å². The van der Waals surface area contributed by atoms with Gasteiger partial charge >= 0.3 is 5.97 Å². The van der Waals surface area contributed by atoms with Gasteiger partial charge in [0.15, 0.2) is 0 Å². The van der Waals surface area contributed by atoms with E-state index in [-0.39, 0.29) is 5.56 Å². The predicted octanol–water partition coefficient (Wildman–Crippen LogP) is 2.92. The Morgan fingerprint density at radius 3 is 2.27 bits per heavy atom. The Morgan fingerprint density at radius 1 is 1.14 bits per heavy atom. The summed E-state index contributed by atoms with van der Waals surface area (Å²) in [5.41, 5.74) is 2.66. The molecule has 0 atom stereocenters. The third-order valence-electron chi connectivity index (χ3n) is 3.44. The summed E-state index contributed by atoms with van der Waals surface area (Å²) in [7, 11) is -2.94. The molecule has 0 fully saturated rings. The van der Waals surface area contributed by atoms with Gasteiger partial charge in [-0.2, -0.15) is 0 Å². The smallest absolute Gasteiger partial charge is 0.335 e. The van der Waals surface area contributed by atoms with E-state index in [0.717, 1.165) is 16.3 Å². The maximum atomic E-state index is 11.7. The highest BCUT2D eigenvalue weighted by Gasteiger charge is 2.16. The van der Waals surface area contributed by atoms with Gasteiger partial charge in [-0.05, 0) is 48.7 Å². The third kappa shape index (κ3) is 3.28. The first-order valence-corrected chi connectivity index (χ1v) is 7.94. The van der Waals surface area contributed by atoms with Crippen molar-refractivity contribution < 1.29 is 18.3 Å². The van der Waals surface area contributed by atoms with Gasteiger partial charge in [-0.3, -0.25) is 0 Å². The highest BCUT2D eigenvalue weighted by molar-refractivity contribution is 7.74. The van der Waals surface area contributed by atoms with E-state index >= 15 is 0 Å². The standard InChI is InChI=1S/C16H17NO4S/c1-3-12-5-8-14(9-6-12)17(22(20)21)15-10-13(16(18)19)7-4-11(15)2/h4-10,22H,3H2,1-2H3,(H,18,19). The molecule has 5 nitrogen and oxygen atoms in total. The van der Waals surface area contributed by atoms with Gasteiger partial charge < -0.3 is 5.11 Å². The zero-order valence-electron chi connectivity index (χ0n) is 12.3. The third-order valence-corrected chi connectivity index (χ3v) is 4.21. The molecule has 0 aliphatic rings. The topological polar surface area (TPSA) is 74.7 Å². The van der Waals surface area contributed by atoms with E-state index in [1.54, 1.807) is 25.1 Å². The molecule has 6 heteroatoms. The van der Waals surface area contributed by atoms with Crippen LogP contribution in [-0.4, -0.2) is 19.5 Å². The van der Waals surface area contributed by atoms with Crippen LogP contribution < -0.4 is 4.31 Å². The van der Waals surface area contributed by atoms with E-state index in [1.165, 1.54) is 12.1 Å². The Balaban J connectivity index is 2.56. The van der Waals surface area contributed by atoms with Crippen LogP contribution in [0.1, 0.15) is 28.4 Å². The van der Waals surface area contributed by atoms with Crippen LogP contribution >= 0.6 is 0 Å². The Bertz CT molecular complexity index is 758. The fourth-order valence-corrected chi connectivity index (χ4v) is 2.88. The molecule has 22 heavy (non-hydrogen) atoms. The molecule has 1 N–H and O–H groups in total. The molecule has 0 saturated heterocycles. The SMILES string of the molecule is CCc1ccc(N(c2cc(C(=O)O)ccc2C)[SH](=O)=O)cc1. The summed E-state index contributed by atoms with van der Waals surface area (Å²) in [6.45, 7) is 3.76. The molecule has 0 heterocycles. The maximum absolute atomic E-state index is 11.7. The first-order valence-electron chi connectivity index (χ1n) is 6.81. The van der Waals surface area contributed by atoms with Crippen LogP contribution in [-0.2, 0) is 17.3 Å². The van der Waals surface area contributed by atoms with Crippen LogP contribution in [0.25, 0.3) is 0 Å². The van der Waals surface area contributed by atoms with Gasteiger partial charge in [0.25, 0.3) is 0 Å². The Labute approximate surface area is 130 Å². The summed E-state index contributed by atoms with van der Waals surface area (Å²) >= 11 is 0. The van der Waals surface area contributed by atoms with Crippen molar-refractivity contribution in [1.82, 2.24) is 0 Å². The second kappa shape index (κ2) is 6.62. The molecule has 0 aliphatic carbocycles. The van der Waals surface area contributed by atoms with Crippen LogP contribution in [0.3, 0.4) is 0 Å². The van der Waals surface area contributed by atoms with E-state index in [0.29, 0.717) is 16.9 Å². The molecular formula is C16H17NO4S. The fraction of sp³-hybridized carbons (Fsp3) is 0.188. The number of carboxylic acid groups (broad SMARTS) is 1. The van der Waals surface area contributed by atoms with E-state index in [1.807, 2.05) is 19.1 Å². The quantitative estimate of drug-likeness (QED) is 0.831. The number of anilines is 2. The van der Waals surface area contributed by atoms with Gasteiger partial charge in [0.05, 0.1) is 16.9 Å². The number of benzene rings is 2. The molecule has 2 aromatic carbocycles. The summed E-state index contributed by atoms with van der Waals surface area (Å²) in [5, 5.41) is 9.09. The molecule has 0 saturated carbocycles. The zero-order valence-corrected chi connectivity index (χ0v) is 13.2. The second-order valence-electron chi connectivity index (χ2n) is 4.88. The number of aromatic carboxylic acids is 1. The number of carboxylic acids is 1. The first-order chi connectivity index (χ1) is 10.4. The van der Waals surface area contributed by atoms with Crippen molar-refractivity contribution in [2.24, 2.45) is 0 Å². The molecular weight excluding hydrogens is 302 g/mol. The summed E-state index contributed by atoms with van der Waals surface area (Å²) in [6, 6.07) is 11.6. The van der Waals surface area contributed by atoms with E-state index in [4.69, 9.17) is 5.11 Å². The summed E-state index contributed by atoms with van der Waals surface area (Å²) < 4.78 is 24.5. The minimum Gasteiger partial charge on any atom is -0.478 e. The molecule has 0 radical (unpaired) electrons. The van der Waals surface area contributed by atoms with Crippen LogP contribution in [0, 0.1) is 6.92 Å². The highest BCUT2D eigenvalue weighted by atomic mass is 32.2. The lowest BCUT2D eigenvalue weighted by Gasteiger charge is -2.20. The molecule has 116 valence electrons. The van der Waals surface area contributed by atoms with Crippen molar-refractivity contribution in [2.45, 2.75) is 20.3 Å². The molecule has 0 bridgehead atoms. The largest absolute Gasteiger partial charge is 0.478 e. The van der Waals surface area contributed by atoms with Crippen molar-refractivity contribution in [2.75, 3.05) is 4.31 Å². The number of hydrogen-bond acceptors (Lipinski definition) is 3. The number of carbonyl (C=O) groups is 1. The Morgan fingerprint density at radius 2 is 1.77 bits per heavy atom. The molecule has 0 unspecified atom stereocenters. The molecule has 0 aliphatic heterocycles. The van der Waals surface area contributed by atoms with Gasteiger partial charge in [-0.25, -0.2) is 17.5 Å². The summed E-state index contributed by atoms with van der Waals surface area (Å²) in [6.07, 6.45) is 0.858. The molecule has 2 rings (SSSR count). The number of aryl methyl sites for hydroxylation is 2. The molecule has 2 aromatic rings. The van der Waals surface area contributed by atoms with E-state index in [2.05, 4.69) is 0 Å². The highest BCUT2D eigenvalue weighted by Crippen LogP contribution is 2.30. The van der Waals surface area contributed by atoms with Crippen LogP contribution in [0.15, 0.2) is 42.5 Å². The lowest BCUT2D eigenvalue weighted by molar-refractivity contribution is 0.0697. The number of nitrogens with zero attached hydrogens (tertiary/aromatic N) is 1. The van der Waals surface area contributed by atoms with Gasteiger partial charge in [0.2, 0.25) is 10.9 Å². The minimum atomic E-state index is -2.94.